The molecule has 3 rings (SSSR count). The molecular weight excluding hydrogens is 337 g/mol. The molecule has 2 heterocycles. The number of carbonyl (C=O) groups excluding carboxylic acids is 1. The van der Waals surface area contributed by atoms with Gasteiger partial charge in [0, 0.05) is 32.9 Å². The van der Waals surface area contributed by atoms with Crippen LogP contribution < -0.4 is 9.64 Å². The maximum atomic E-state index is 13.8. The van der Waals surface area contributed by atoms with Crippen molar-refractivity contribution in [2.24, 2.45) is 0 Å². The summed E-state index contributed by atoms with van der Waals surface area (Å²) >= 11 is 0. The fourth-order valence-corrected chi connectivity index (χ4v) is 2.87. The summed E-state index contributed by atoms with van der Waals surface area (Å²) in [4.78, 5) is 20.6. The fourth-order valence-electron chi connectivity index (χ4n) is 2.87. The SMILES string of the molecule is COc1ccc(CN(C)C(=O)c2ccc(N3CCOCC3)nc2)cc1F. The highest BCUT2D eigenvalue weighted by Crippen LogP contribution is 2.19. The smallest absolute Gasteiger partial charge is 0.255 e. The van der Waals surface area contributed by atoms with Gasteiger partial charge in [-0.25, -0.2) is 9.37 Å². The van der Waals surface area contributed by atoms with Gasteiger partial charge in [0.2, 0.25) is 0 Å². The van der Waals surface area contributed by atoms with E-state index in [2.05, 4.69) is 9.88 Å². The number of hydrogen-bond acceptors (Lipinski definition) is 5. The summed E-state index contributed by atoms with van der Waals surface area (Å²) in [6.45, 7) is 3.25. The summed E-state index contributed by atoms with van der Waals surface area (Å²) in [7, 11) is 3.10. The van der Waals surface area contributed by atoms with Gasteiger partial charge in [0.25, 0.3) is 5.91 Å². The van der Waals surface area contributed by atoms with Gasteiger partial charge in [0.05, 0.1) is 25.9 Å². The van der Waals surface area contributed by atoms with Gasteiger partial charge < -0.3 is 19.3 Å². The molecule has 1 saturated heterocycles. The van der Waals surface area contributed by atoms with Crippen molar-refractivity contribution in [1.29, 1.82) is 0 Å². The monoisotopic (exact) mass is 359 g/mol. The number of benzene rings is 1. The van der Waals surface area contributed by atoms with Crippen molar-refractivity contribution in [1.82, 2.24) is 9.88 Å². The van der Waals surface area contributed by atoms with Crippen LogP contribution in [-0.4, -0.2) is 56.3 Å². The van der Waals surface area contributed by atoms with Crippen molar-refractivity contribution < 1.29 is 18.7 Å². The van der Waals surface area contributed by atoms with Gasteiger partial charge in [-0.3, -0.25) is 4.79 Å². The highest BCUT2D eigenvalue weighted by atomic mass is 19.1. The van der Waals surface area contributed by atoms with Gasteiger partial charge in [-0.1, -0.05) is 6.07 Å². The van der Waals surface area contributed by atoms with Gasteiger partial charge in [-0.05, 0) is 29.8 Å². The molecule has 1 aliphatic rings. The van der Waals surface area contributed by atoms with Crippen molar-refractivity contribution in [2.45, 2.75) is 6.54 Å². The van der Waals surface area contributed by atoms with E-state index in [1.807, 2.05) is 6.07 Å². The lowest BCUT2D eigenvalue weighted by atomic mass is 10.2. The maximum Gasteiger partial charge on any atom is 0.255 e. The molecule has 1 amide bonds. The Kier molecular flexibility index (Phi) is 5.68. The zero-order chi connectivity index (χ0) is 18.5. The zero-order valence-corrected chi connectivity index (χ0v) is 14.9. The number of anilines is 1. The molecule has 0 unspecified atom stereocenters. The van der Waals surface area contributed by atoms with Crippen molar-refractivity contribution in [2.75, 3.05) is 45.4 Å². The summed E-state index contributed by atoms with van der Waals surface area (Å²) in [5.74, 6) is 0.417. The normalized spacial score (nSPS) is 14.2. The second-order valence-corrected chi connectivity index (χ2v) is 6.13. The third-order valence-electron chi connectivity index (χ3n) is 4.31. The topological polar surface area (TPSA) is 54.9 Å². The molecule has 2 aromatic rings. The van der Waals surface area contributed by atoms with Crippen LogP contribution in [0.3, 0.4) is 0 Å². The first kappa shape index (κ1) is 18.1. The second kappa shape index (κ2) is 8.14. The van der Waals surface area contributed by atoms with Crippen LogP contribution in [0.15, 0.2) is 36.5 Å². The Morgan fingerprint density at radius 3 is 2.69 bits per heavy atom. The Morgan fingerprint density at radius 1 is 1.31 bits per heavy atom. The van der Waals surface area contributed by atoms with Crippen LogP contribution in [0, 0.1) is 5.82 Å². The third kappa shape index (κ3) is 4.11. The Hall–Kier alpha value is -2.67. The zero-order valence-electron chi connectivity index (χ0n) is 14.9. The molecule has 1 aliphatic heterocycles. The number of carbonyl (C=O) groups is 1. The van der Waals surface area contributed by atoms with E-state index in [9.17, 15) is 9.18 Å². The Morgan fingerprint density at radius 2 is 2.08 bits per heavy atom. The van der Waals surface area contributed by atoms with E-state index < -0.39 is 5.82 Å². The molecule has 0 aliphatic carbocycles. The number of halogens is 1. The number of rotatable bonds is 5. The van der Waals surface area contributed by atoms with E-state index in [0.717, 1.165) is 18.9 Å². The van der Waals surface area contributed by atoms with Crippen molar-refractivity contribution in [3.8, 4) is 5.75 Å². The minimum Gasteiger partial charge on any atom is -0.494 e. The Bertz CT molecular complexity index is 761. The summed E-state index contributed by atoms with van der Waals surface area (Å²) in [5.41, 5.74) is 1.19. The van der Waals surface area contributed by atoms with E-state index in [1.54, 1.807) is 31.4 Å². The number of pyridine rings is 1. The van der Waals surface area contributed by atoms with E-state index in [4.69, 9.17) is 9.47 Å². The lowest BCUT2D eigenvalue weighted by Gasteiger charge is -2.27. The molecule has 0 radical (unpaired) electrons. The quantitative estimate of drug-likeness (QED) is 0.820. The van der Waals surface area contributed by atoms with Gasteiger partial charge >= 0.3 is 0 Å². The lowest BCUT2D eigenvalue weighted by Crippen LogP contribution is -2.36. The molecule has 7 heteroatoms. The van der Waals surface area contributed by atoms with Gasteiger partial charge in [0.1, 0.15) is 5.82 Å². The molecule has 0 spiro atoms. The second-order valence-electron chi connectivity index (χ2n) is 6.13. The molecule has 1 aromatic carbocycles. The average molecular weight is 359 g/mol. The predicted molar refractivity (Wildman–Crippen MR) is 96.0 cm³/mol. The number of methoxy groups -OCH3 is 1. The maximum absolute atomic E-state index is 13.8. The van der Waals surface area contributed by atoms with Crippen molar-refractivity contribution in [3.63, 3.8) is 0 Å². The molecule has 0 saturated carbocycles. The standard InChI is InChI=1S/C19H22FN3O3/c1-22(13-14-3-5-17(25-2)16(20)11-14)19(24)15-4-6-18(21-12-15)23-7-9-26-10-8-23/h3-6,11-12H,7-10,13H2,1-2H3. The predicted octanol–water partition coefficient (Wildman–Crippen LogP) is 2.34. The average Bonchev–Trinajstić information content (AvgIpc) is 2.68. The number of morpholine rings is 1. The Balaban J connectivity index is 1.65. The molecule has 1 fully saturated rings. The van der Waals surface area contributed by atoms with E-state index in [1.165, 1.54) is 18.1 Å². The van der Waals surface area contributed by atoms with Gasteiger partial charge in [-0.15, -0.1) is 0 Å². The van der Waals surface area contributed by atoms with E-state index >= 15 is 0 Å². The van der Waals surface area contributed by atoms with E-state index in [0.29, 0.717) is 30.9 Å². The number of hydrogen-bond donors (Lipinski definition) is 0. The molecule has 138 valence electrons. The fraction of sp³-hybridized carbons (Fsp3) is 0.368. The summed E-state index contributed by atoms with van der Waals surface area (Å²) < 4.78 is 24.0. The first-order chi connectivity index (χ1) is 12.6. The van der Waals surface area contributed by atoms with Crippen LogP contribution in [0.2, 0.25) is 0 Å². The van der Waals surface area contributed by atoms with Crippen LogP contribution in [0.4, 0.5) is 10.2 Å². The van der Waals surface area contributed by atoms with Crippen molar-refractivity contribution in [3.05, 3.63) is 53.5 Å². The van der Waals surface area contributed by atoms with E-state index in [-0.39, 0.29) is 11.7 Å². The molecule has 0 N–H and O–H groups in total. The number of ether oxygens (including phenoxy) is 2. The largest absolute Gasteiger partial charge is 0.494 e. The molecule has 6 nitrogen and oxygen atoms in total. The molecule has 0 bridgehead atoms. The molecular formula is C19H22FN3O3. The molecule has 26 heavy (non-hydrogen) atoms. The number of aromatic nitrogens is 1. The summed E-state index contributed by atoms with van der Waals surface area (Å²) in [6, 6.07) is 8.29. The summed E-state index contributed by atoms with van der Waals surface area (Å²) in [6.07, 6.45) is 1.58. The number of nitrogens with zero attached hydrogens (tertiary/aromatic N) is 3. The third-order valence-corrected chi connectivity index (χ3v) is 4.31. The first-order valence-corrected chi connectivity index (χ1v) is 8.45. The van der Waals surface area contributed by atoms with Gasteiger partial charge in [-0.2, -0.15) is 0 Å². The van der Waals surface area contributed by atoms with Crippen LogP contribution in [-0.2, 0) is 11.3 Å². The van der Waals surface area contributed by atoms with Gasteiger partial charge in [0.15, 0.2) is 11.6 Å². The van der Waals surface area contributed by atoms with Crippen LogP contribution >= 0.6 is 0 Å². The summed E-state index contributed by atoms with van der Waals surface area (Å²) in [5, 5.41) is 0. The minimum atomic E-state index is -0.442. The van der Waals surface area contributed by atoms with Crippen LogP contribution in [0.25, 0.3) is 0 Å². The lowest BCUT2D eigenvalue weighted by molar-refractivity contribution is 0.0784. The van der Waals surface area contributed by atoms with Crippen LogP contribution in [0.1, 0.15) is 15.9 Å². The number of amides is 1. The first-order valence-electron chi connectivity index (χ1n) is 8.45. The van der Waals surface area contributed by atoms with Crippen LogP contribution in [0.5, 0.6) is 5.75 Å². The highest BCUT2D eigenvalue weighted by Gasteiger charge is 2.16. The molecule has 1 aromatic heterocycles. The molecule has 0 atom stereocenters. The minimum absolute atomic E-state index is 0.165. The van der Waals surface area contributed by atoms with Crippen molar-refractivity contribution >= 4 is 11.7 Å². The Labute approximate surface area is 152 Å². The highest BCUT2D eigenvalue weighted by molar-refractivity contribution is 5.93.